The number of aromatic nitrogens is 1. The Bertz CT molecular complexity index is 372. The first-order valence-corrected chi connectivity index (χ1v) is 4.50. The molecule has 1 rings (SSSR count). The summed E-state index contributed by atoms with van der Waals surface area (Å²) in [6.07, 6.45) is 1.43. The highest BCUT2D eigenvalue weighted by Gasteiger charge is 2.26. The first-order chi connectivity index (χ1) is 6.32. The molecule has 0 unspecified atom stereocenters. The van der Waals surface area contributed by atoms with Gasteiger partial charge in [0.2, 0.25) is 0 Å². The molecule has 1 aromatic rings. The number of nitro groups is 1. The van der Waals surface area contributed by atoms with Crippen LogP contribution in [-0.2, 0) is 5.41 Å². The molecule has 0 N–H and O–H groups in total. The normalized spacial score (nSPS) is 11.4. The molecule has 0 spiro atoms. The number of hydrogen-bond acceptors (Lipinski definition) is 3. The molecule has 0 aromatic carbocycles. The van der Waals surface area contributed by atoms with Crippen LogP contribution in [0.25, 0.3) is 0 Å². The van der Waals surface area contributed by atoms with Crippen LogP contribution in [0, 0.1) is 10.1 Å². The molecule has 1 heterocycles. The summed E-state index contributed by atoms with van der Waals surface area (Å²) in [4.78, 5) is 14.3. The van der Waals surface area contributed by atoms with Crippen LogP contribution in [0.5, 0.6) is 0 Å². The minimum absolute atomic E-state index is 0.0231. The largest absolute Gasteiger partial charge is 0.292 e. The molecule has 5 heteroatoms. The molecule has 0 aliphatic carbocycles. The second-order valence-corrected chi connectivity index (χ2v) is 4.46. The van der Waals surface area contributed by atoms with E-state index in [0.29, 0.717) is 5.69 Å². The van der Waals surface area contributed by atoms with Crippen molar-refractivity contribution < 1.29 is 4.92 Å². The fourth-order valence-electron chi connectivity index (χ4n) is 1.15. The zero-order chi connectivity index (χ0) is 10.9. The van der Waals surface area contributed by atoms with E-state index in [-0.39, 0.29) is 16.1 Å². The van der Waals surface area contributed by atoms with Gasteiger partial charge in [-0.3, -0.25) is 15.1 Å². The summed E-state index contributed by atoms with van der Waals surface area (Å²) >= 11 is 5.64. The molecule has 1 aromatic heterocycles. The van der Waals surface area contributed by atoms with Crippen LogP contribution < -0.4 is 0 Å². The van der Waals surface area contributed by atoms with Gasteiger partial charge in [-0.05, 0) is 0 Å². The van der Waals surface area contributed by atoms with Crippen molar-refractivity contribution >= 4 is 17.3 Å². The van der Waals surface area contributed by atoms with Crippen LogP contribution in [0.15, 0.2) is 12.3 Å². The number of nitrogens with zero attached hydrogens (tertiary/aromatic N) is 2. The van der Waals surface area contributed by atoms with Gasteiger partial charge in [0.05, 0.1) is 9.95 Å². The Morgan fingerprint density at radius 2 is 2.07 bits per heavy atom. The summed E-state index contributed by atoms with van der Waals surface area (Å²) in [6.45, 7) is 5.61. The first kappa shape index (κ1) is 10.9. The average Bonchev–Trinajstić information content (AvgIpc) is 2.01. The van der Waals surface area contributed by atoms with Gasteiger partial charge in [-0.1, -0.05) is 32.4 Å². The molecule has 0 atom stereocenters. The lowest BCUT2D eigenvalue weighted by molar-refractivity contribution is -0.386. The van der Waals surface area contributed by atoms with Gasteiger partial charge in [0.25, 0.3) is 5.69 Å². The fraction of sp³-hybridized carbons (Fsp3) is 0.444. The van der Waals surface area contributed by atoms with Gasteiger partial charge in [-0.15, -0.1) is 0 Å². The zero-order valence-electron chi connectivity index (χ0n) is 8.24. The Balaban J connectivity index is 3.37. The number of pyridine rings is 1. The highest BCUT2D eigenvalue weighted by atomic mass is 35.5. The van der Waals surface area contributed by atoms with E-state index < -0.39 is 4.92 Å². The van der Waals surface area contributed by atoms with Gasteiger partial charge in [0, 0.05) is 17.7 Å². The van der Waals surface area contributed by atoms with Gasteiger partial charge in [-0.25, -0.2) is 0 Å². The SMILES string of the molecule is CC(C)(C)c1ncc(Cl)cc1[N+](=O)[O-]. The zero-order valence-corrected chi connectivity index (χ0v) is 9.00. The number of rotatable bonds is 1. The van der Waals surface area contributed by atoms with Crippen LogP contribution in [0.4, 0.5) is 5.69 Å². The lowest BCUT2D eigenvalue weighted by atomic mass is 9.90. The molecule has 4 nitrogen and oxygen atoms in total. The molecule has 0 radical (unpaired) electrons. The van der Waals surface area contributed by atoms with Crippen LogP contribution >= 0.6 is 11.6 Å². The van der Waals surface area contributed by atoms with Gasteiger partial charge in [0.15, 0.2) is 0 Å². The summed E-state index contributed by atoms with van der Waals surface area (Å²) in [6, 6.07) is 1.33. The van der Waals surface area contributed by atoms with Crippen LogP contribution in [0.2, 0.25) is 5.02 Å². The van der Waals surface area contributed by atoms with Gasteiger partial charge >= 0.3 is 0 Å². The molecular weight excluding hydrogens is 204 g/mol. The Hall–Kier alpha value is -1.16. The molecule has 0 saturated carbocycles. The fourth-order valence-corrected chi connectivity index (χ4v) is 1.30. The summed E-state index contributed by atoms with van der Waals surface area (Å²) in [5.74, 6) is 0. The number of hydrogen-bond donors (Lipinski definition) is 0. The van der Waals surface area contributed by atoms with Crippen molar-refractivity contribution in [2.75, 3.05) is 0 Å². The summed E-state index contributed by atoms with van der Waals surface area (Å²) < 4.78 is 0. The first-order valence-electron chi connectivity index (χ1n) is 4.13. The highest BCUT2D eigenvalue weighted by molar-refractivity contribution is 6.30. The second kappa shape index (κ2) is 3.53. The van der Waals surface area contributed by atoms with Crippen LogP contribution in [0.3, 0.4) is 0 Å². The van der Waals surface area contributed by atoms with Crippen molar-refractivity contribution in [1.29, 1.82) is 0 Å². The Morgan fingerprint density at radius 3 is 2.50 bits per heavy atom. The van der Waals surface area contributed by atoms with Crippen molar-refractivity contribution in [1.82, 2.24) is 4.98 Å². The van der Waals surface area contributed by atoms with E-state index in [1.54, 1.807) is 0 Å². The van der Waals surface area contributed by atoms with E-state index in [1.807, 2.05) is 20.8 Å². The lowest BCUT2D eigenvalue weighted by Gasteiger charge is -2.16. The van der Waals surface area contributed by atoms with Gasteiger partial charge < -0.3 is 0 Å². The Kier molecular flexibility index (Phi) is 2.76. The minimum atomic E-state index is -0.459. The van der Waals surface area contributed by atoms with Crippen molar-refractivity contribution in [2.45, 2.75) is 26.2 Å². The topological polar surface area (TPSA) is 56.0 Å². The molecule has 0 aliphatic heterocycles. The van der Waals surface area contributed by atoms with Crippen LogP contribution in [-0.4, -0.2) is 9.91 Å². The summed E-state index contributed by atoms with van der Waals surface area (Å²) in [5.41, 5.74) is 0.0735. The molecule has 0 bridgehead atoms. The smallest absolute Gasteiger partial charge is 0.258 e. The summed E-state index contributed by atoms with van der Waals surface area (Å²) in [7, 11) is 0. The standard InChI is InChI=1S/C9H11ClN2O2/c1-9(2,3)8-7(12(13)14)4-6(10)5-11-8/h4-5H,1-3H3. The monoisotopic (exact) mass is 214 g/mol. The number of halogens is 1. The van der Waals surface area contributed by atoms with Crippen LogP contribution in [0.1, 0.15) is 26.5 Å². The molecule has 14 heavy (non-hydrogen) atoms. The minimum Gasteiger partial charge on any atom is -0.258 e. The second-order valence-electron chi connectivity index (χ2n) is 4.03. The van der Waals surface area contributed by atoms with Crippen molar-refractivity contribution in [3.05, 3.63) is 33.1 Å². The van der Waals surface area contributed by atoms with Gasteiger partial charge in [0.1, 0.15) is 5.69 Å². The molecule has 0 fully saturated rings. The van der Waals surface area contributed by atoms with Crippen molar-refractivity contribution in [3.8, 4) is 0 Å². The molecule has 0 aliphatic rings. The summed E-state index contributed by atoms with van der Waals surface area (Å²) in [5, 5.41) is 11.0. The third-order valence-electron chi connectivity index (χ3n) is 1.74. The highest BCUT2D eigenvalue weighted by Crippen LogP contribution is 2.30. The average molecular weight is 215 g/mol. The molecular formula is C9H11ClN2O2. The predicted molar refractivity (Wildman–Crippen MR) is 54.6 cm³/mol. The molecule has 0 amide bonds. The third kappa shape index (κ3) is 2.20. The Labute approximate surface area is 87.1 Å². The third-order valence-corrected chi connectivity index (χ3v) is 1.95. The van der Waals surface area contributed by atoms with E-state index >= 15 is 0 Å². The van der Waals surface area contributed by atoms with E-state index in [2.05, 4.69) is 4.98 Å². The van der Waals surface area contributed by atoms with E-state index in [4.69, 9.17) is 11.6 Å². The maximum absolute atomic E-state index is 10.7. The Morgan fingerprint density at radius 1 is 1.50 bits per heavy atom. The quantitative estimate of drug-likeness (QED) is 0.534. The van der Waals surface area contributed by atoms with Crippen molar-refractivity contribution in [3.63, 3.8) is 0 Å². The van der Waals surface area contributed by atoms with Crippen molar-refractivity contribution in [2.24, 2.45) is 0 Å². The molecule has 76 valence electrons. The predicted octanol–water partition coefficient (Wildman–Crippen LogP) is 2.94. The van der Waals surface area contributed by atoms with Gasteiger partial charge in [-0.2, -0.15) is 0 Å². The lowest BCUT2D eigenvalue weighted by Crippen LogP contribution is -2.15. The maximum Gasteiger partial charge on any atom is 0.292 e. The van der Waals surface area contributed by atoms with E-state index in [0.717, 1.165) is 0 Å². The molecule has 0 saturated heterocycles. The maximum atomic E-state index is 10.7. The van der Waals surface area contributed by atoms with E-state index in [1.165, 1.54) is 12.3 Å². The van der Waals surface area contributed by atoms with E-state index in [9.17, 15) is 10.1 Å².